The molecular weight excluding hydrogens is 268 g/mol. The van der Waals surface area contributed by atoms with E-state index in [2.05, 4.69) is 0 Å². The van der Waals surface area contributed by atoms with Crippen molar-refractivity contribution in [2.45, 2.75) is 11.8 Å². The van der Waals surface area contributed by atoms with E-state index < -0.39 is 4.92 Å². The highest BCUT2D eigenvalue weighted by Crippen LogP contribution is 2.30. The number of amides is 1. The monoisotopic (exact) mass is 282 g/mol. The maximum Gasteiger partial charge on any atom is 0.283 e. The van der Waals surface area contributed by atoms with Crippen LogP contribution in [0, 0.1) is 10.1 Å². The van der Waals surface area contributed by atoms with Gasteiger partial charge in [0.25, 0.3) is 5.69 Å². The van der Waals surface area contributed by atoms with Crippen molar-refractivity contribution in [3.8, 4) is 0 Å². The van der Waals surface area contributed by atoms with Gasteiger partial charge in [0.2, 0.25) is 5.91 Å². The third kappa shape index (κ3) is 4.06. The number of Topliss-reactive ketones (excluding diaryl/α,β-unsaturated/α-hetero) is 1. The van der Waals surface area contributed by atoms with Gasteiger partial charge >= 0.3 is 0 Å². The molecule has 0 bridgehead atoms. The molecule has 6 nitrogen and oxygen atoms in total. The lowest BCUT2D eigenvalue weighted by atomic mass is 10.1. The van der Waals surface area contributed by atoms with Crippen LogP contribution < -0.4 is 0 Å². The van der Waals surface area contributed by atoms with Gasteiger partial charge in [0.05, 0.1) is 15.6 Å². The Bertz CT molecular complexity index is 528. The van der Waals surface area contributed by atoms with Crippen LogP contribution in [0.1, 0.15) is 17.3 Å². The Hall–Kier alpha value is -1.89. The summed E-state index contributed by atoms with van der Waals surface area (Å²) in [5.74, 6) is -0.244. The predicted octanol–water partition coefficient (Wildman–Crippen LogP) is 1.98. The maximum absolute atomic E-state index is 11.5. The van der Waals surface area contributed by atoms with Gasteiger partial charge in [0.15, 0.2) is 5.78 Å². The molecule has 1 rings (SSSR count). The fourth-order valence-electron chi connectivity index (χ4n) is 1.27. The normalized spacial score (nSPS) is 10.1. The van der Waals surface area contributed by atoms with Crippen molar-refractivity contribution in [3.05, 3.63) is 33.9 Å². The lowest BCUT2D eigenvalue weighted by Gasteiger charge is -2.09. The fourth-order valence-corrected chi connectivity index (χ4v) is 2.25. The van der Waals surface area contributed by atoms with Crippen molar-refractivity contribution in [1.29, 1.82) is 0 Å². The summed E-state index contributed by atoms with van der Waals surface area (Å²) in [5, 5.41) is 11.0. The van der Waals surface area contributed by atoms with Crippen LogP contribution >= 0.6 is 11.8 Å². The van der Waals surface area contributed by atoms with Crippen LogP contribution in [0.15, 0.2) is 23.1 Å². The summed E-state index contributed by atoms with van der Waals surface area (Å²) in [5.41, 5.74) is 0.138. The molecule has 0 aliphatic heterocycles. The van der Waals surface area contributed by atoms with Crippen molar-refractivity contribution in [2.24, 2.45) is 0 Å². The van der Waals surface area contributed by atoms with Gasteiger partial charge in [-0.2, -0.15) is 0 Å². The standard InChI is InChI=1S/C12H14N2O4S/c1-8(15)9-4-5-11(10(6-9)14(17)18)19-7-12(16)13(2)3/h4-6H,7H2,1-3H3. The number of nitro benzene ring substituents is 1. The molecule has 0 fully saturated rings. The van der Waals surface area contributed by atoms with Crippen LogP contribution in [0.25, 0.3) is 0 Å². The van der Waals surface area contributed by atoms with E-state index in [4.69, 9.17) is 0 Å². The zero-order valence-electron chi connectivity index (χ0n) is 10.9. The molecule has 1 aromatic rings. The lowest BCUT2D eigenvalue weighted by molar-refractivity contribution is -0.387. The zero-order chi connectivity index (χ0) is 14.6. The van der Waals surface area contributed by atoms with E-state index in [1.807, 2.05) is 0 Å². The van der Waals surface area contributed by atoms with Crippen molar-refractivity contribution >= 4 is 29.1 Å². The number of rotatable bonds is 5. The molecule has 7 heteroatoms. The second-order valence-corrected chi connectivity index (χ2v) is 5.09. The van der Waals surface area contributed by atoms with Crippen molar-refractivity contribution in [1.82, 2.24) is 4.90 Å². The van der Waals surface area contributed by atoms with Gasteiger partial charge in [-0.1, -0.05) is 0 Å². The average Bonchev–Trinajstić information content (AvgIpc) is 2.35. The Morgan fingerprint density at radius 1 is 1.37 bits per heavy atom. The van der Waals surface area contributed by atoms with E-state index in [0.717, 1.165) is 11.8 Å². The van der Waals surface area contributed by atoms with Crippen molar-refractivity contribution in [2.75, 3.05) is 19.8 Å². The minimum atomic E-state index is -0.547. The number of hydrogen-bond acceptors (Lipinski definition) is 5. The van der Waals surface area contributed by atoms with E-state index in [9.17, 15) is 19.7 Å². The molecule has 0 saturated carbocycles. The van der Waals surface area contributed by atoms with Gasteiger partial charge in [0.1, 0.15) is 0 Å². The molecule has 0 aromatic heterocycles. The van der Waals surface area contributed by atoms with Crippen molar-refractivity contribution < 1.29 is 14.5 Å². The molecule has 0 heterocycles. The summed E-state index contributed by atoms with van der Waals surface area (Å²) in [6.45, 7) is 1.35. The first-order chi connectivity index (χ1) is 8.82. The number of nitrogens with zero attached hydrogens (tertiary/aromatic N) is 2. The first-order valence-electron chi connectivity index (χ1n) is 5.45. The van der Waals surface area contributed by atoms with Crippen molar-refractivity contribution in [3.63, 3.8) is 0 Å². The summed E-state index contributed by atoms with van der Waals surface area (Å²) in [6.07, 6.45) is 0. The minimum Gasteiger partial charge on any atom is -0.348 e. The van der Waals surface area contributed by atoms with Crippen LogP contribution in [0.4, 0.5) is 5.69 Å². The molecule has 0 spiro atoms. The third-order valence-electron chi connectivity index (χ3n) is 2.41. The van der Waals surface area contributed by atoms with Gasteiger partial charge in [-0.05, 0) is 19.1 Å². The number of carbonyl (C=O) groups excluding carboxylic acids is 2. The summed E-state index contributed by atoms with van der Waals surface area (Å²) < 4.78 is 0. The number of benzene rings is 1. The van der Waals surface area contributed by atoms with Gasteiger partial charge in [-0.25, -0.2) is 0 Å². The van der Waals surface area contributed by atoms with E-state index >= 15 is 0 Å². The molecular formula is C12H14N2O4S. The van der Waals surface area contributed by atoms with Crippen LogP contribution in [0.2, 0.25) is 0 Å². The van der Waals surface area contributed by atoms with E-state index in [0.29, 0.717) is 4.90 Å². The molecule has 1 amide bonds. The Morgan fingerprint density at radius 3 is 2.47 bits per heavy atom. The fraction of sp³-hybridized carbons (Fsp3) is 0.333. The first-order valence-corrected chi connectivity index (χ1v) is 6.44. The summed E-state index contributed by atoms with van der Waals surface area (Å²) in [6, 6.07) is 4.27. The molecule has 1 aromatic carbocycles. The molecule has 0 atom stereocenters. The van der Waals surface area contributed by atoms with Gasteiger partial charge in [-0.3, -0.25) is 19.7 Å². The maximum atomic E-state index is 11.5. The average molecular weight is 282 g/mol. The Kier molecular flexibility index (Phi) is 5.05. The Labute approximate surface area is 114 Å². The number of carbonyl (C=O) groups is 2. The number of ketones is 1. The van der Waals surface area contributed by atoms with Gasteiger partial charge in [0, 0.05) is 25.7 Å². The topological polar surface area (TPSA) is 80.5 Å². The van der Waals surface area contributed by atoms with E-state index in [-0.39, 0.29) is 28.7 Å². The van der Waals surface area contributed by atoms with Gasteiger partial charge in [-0.15, -0.1) is 11.8 Å². The zero-order valence-corrected chi connectivity index (χ0v) is 11.7. The second-order valence-electron chi connectivity index (χ2n) is 4.07. The molecule has 0 unspecified atom stereocenters. The summed E-state index contributed by atoms with van der Waals surface area (Å²) >= 11 is 1.09. The number of thioether (sulfide) groups is 1. The van der Waals surface area contributed by atoms with Gasteiger partial charge < -0.3 is 4.90 Å². The minimum absolute atomic E-state index is 0.118. The molecule has 102 valence electrons. The van der Waals surface area contributed by atoms with Crippen LogP contribution in [0.3, 0.4) is 0 Å². The number of nitro groups is 1. The highest BCUT2D eigenvalue weighted by Gasteiger charge is 2.17. The van der Waals surface area contributed by atoms with Crippen LogP contribution in [-0.4, -0.2) is 41.4 Å². The molecule has 0 N–H and O–H groups in total. The molecule has 0 aliphatic rings. The predicted molar refractivity (Wildman–Crippen MR) is 72.5 cm³/mol. The Morgan fingerprint density at radius 2 is 2.00 bits per heavy atom. The largest absolute Gasteiger partial charge is 0.348 e. The molecule has 0 saturated heterocycles. The first kappa shape index (κ1) is 15.2. The second kappa shape index (κ2) is 6.33. The third-order valence-corrected chi connectivity index (χ3v) is 3.46. The van der Waals surface area contributed by atoms with Crippen LogP contribution in [-0.2, 0) is 4.79 Å². The molecule has 0 radical (unpaired) electrons. The quantitative estimate of drug-likeness (QED) is 0.357. The van der Waals surface area contributed by atoms with E-state index in [1.165, 1.54) is 30.0 Å². The molecule has 0 aliphatic carbocycles. The smallest absolute Gasteiger partial charge is 0.283 e. The summed E-state index contributed by atoms with van der Waals surface area (Å²) in [4.78, 5) is 34.9. The SMILES string of the molecule is CC(=O)c1ccc(SCC(=O)N(C)C)c([N+](=O)[O-])c1. The molecule has 19 heavy (non-hydrogen) atoms. The summed E-state index contributed by atoms with van der Waals surface area (Å²) in [7, 11) is 3.24. The highest BCUT2D eigenvalue weighted by atomic mass is 32.2. The highest BCUT2D eigenvalue weighted by molar-refractivity contribution is 8.00. The van der Waals surface area contributed by atoms with Crippen LogP contribution in [0.5, 0.6) is 0 Å². The number of hydrogen-bond donors (Lipinski definition) is 0. The lowest BCUT2D eigenvalue weighted by Crippen LogP contribution is -2.23. The Balaban J connectivity index is 2.98. The van der Waals surface area contributed by atoms with E-state index in [1.54, 1.807) is 14.1 Å².